The van der Waals surface area contributed by atoms with Crippen LogP contribution >= 0.6 is 11.8 Å². The van der Waals surface area contributed by atoms with Crippen molar-refractivity contribution in [2.24, 2.45) is 5.92 Å². The zero-order valence-electron chi connectivity index (χ0n) is 14.5. The maximum absolute atomic E-state index is 12.4. The van der Waals surface area contributed by atoms with Crippen LogP contribution in [0.4, 0.5) is 11.4 Å². The standard InChI is InChI=1S/C20H20N2O3S/c1-25-17-10-8-16(9-11-17)22-18(23)12-26-20(22)14-4-6-15(7-5-14)21-19(24)13-2-3-13/h4-11,13,20H,2-3,12H2,1H3,(H,21,24)/t20-/m0/s1. The normalized spacial score (nSPS) is 19.5. The Morgan fingerprint density at radius 2 is 1.81 bits per heavy atom. The Balaban J connectivity index is 1.53. The molecular formula is C20H20N2O3S. The summed E-state index contributed by atoms with van der Waals surface area (Å²) in [5.74, 6) is 1.60. The Bertz CT molecular complexity index is 816. The fourth-order valence-electron chi connectivity index (χ4n) is 3.01. The molecule has 0 unspecified atom stereocenters. The van der Waals surface area contributed by atoms with Crippen LogP contribution in [-0.2, 0) is 9.59 Å². The van der Waals surface area contributed by atoms with Gasteiger partial charge >= 0.3 is 0 Å². The van der Waals surface area contributed by atoms with Gasteiger partial charge in [-0.05, 0) is 54.8 Å². The van der Waals surface area contributed by atoms with E-state index in [0.717, 1.165) is 35.5 Å². The molecule has 2 aromatic rings. The molecule has 134 valence electrons. The molecule has 6 heteroatoms. The number of amides is 2. The molecule has 5 nitrogen and oxygen atoms in total. The third kappa shape index (κ3) is 3.42. The average molecular weight is 368 g/mol. The highest BCUT2D eigenvalue weighted by atomic mass is 32.2. The summed E-state index contributed by atoms with van der Waals surface area (Å²) in [6.07, 6.45) is 1.98. The van der Waals surface area contributed by atoms with E-state index in [2.05, 4.69) is 5.32 Å². The van der Waals surface area contributed by atoms with E-state index in [1.807, 2.05) is 53.4 Å². The Labute approximate surface area is 156 Å². The molecule has 1 heterocycles. The molecule has 2 fully saturated rings. The number of rotatable bonds is 5. The molecule has 0 aromatic heterocycles. The van der Waals surface area contributed by atoms with Gasteiger partial charge in [-0.15, -0.1) is 11.8 Å². The van der Waals surface area contributed by atoms with Crippen LogP contribution in [0, 0.1) is 5.92 Å². The number of carbonyl (C=O) groups is 2. The highest BCUT2D eigenvalue weighted by Crippen LogP contribution is 2.42. The Morgan fingerprint density at radius 3 is 2.42 bits per heavy atom. The first kappa shape index (κ1) is 17.0. The van der Waals surface area contributed by atoms with Gasteiger partial charge in [0.1, 0.15) is 11.1 Å². The minimum absolute atomic E-state index is 0.0657. The van der Waals surface area contributed by atoms with Crippen molar-refractivity contribution in [3.05, 3.63) is 54.1 Å². The summed E-state index contributed by atoms with van der Waals surface area (Å²) in [4.78, 5) is 26.1. The van der Waals surface area contributed by atoms with E-state index in [-0.39, 0.29) is 23.1 Å². The Morgan fingerprint density at radius 1 is 1.12 bits per heavy atom. The number of anilines is 2. The highest BCUT2D eigenvalue weighted by Gasteiger charge is 2.34. The second-order valence-corrected chi connectivity index (χ2v) is 7.58. The molecule has 1 atom stereocenters. The van der Waals surface area contributed by atoms with Gasteiger partial charge in [0.05, 0.1) is 12.9 Å². The topological polar surface area (TPSA) is 58.6 Å². The second-order valence-electron chi connectivity index (χ2n) is 6.51. The van der Waals surface area contributed by atoms with Crippen molar-refractivity contribution in [2.45, 2.75) is 18.2 Å². The summed E-state index contributed by atoms with van der Waals surface area (Å²) < 4.78 is 5.19. The lowest BCUT2D eigenvalue weighted by Gasteiger charge is -2.24. The smallest absolute Gasteiger partial charge is 0.238 e. The van der Waals surface area contributed by atoms with Crippen molar-refractivity contribution in [3.8, 4) is 5.75 Å². The minimum atomic E-state index is -0.0657. The summed E-state index contributed by atoms with van der Waals surface area (Å²) >= 11 is 1.61. The molecule has 0 spiro atoms. The lowest BCUT2D eigenvalue weighted by atomic mass is 10.1. The minimum Gasteiger partial charge on any atom is -0.497 e. The van der Waals surface area contributed by atoms with E-state index < -0.39 is 0 Å². The molecule has 2 amide bonds. The lowest BCUT2D eigenvalue weighted by molar-refractivity contribution is -0.117. The third-order valence-electron chi connectivity index (χ3n) is 4.63. The van der Waals surface area contributed by atoms with Crippen LogP contribution in [0.2, 0.25) is 0 Å². The van der Waals surface area contributed by atoms with Gasteiger partial charge < -0.3 is 10.1 Å². The molecule has 4 rings (SSSR count). The SMILES string of the molecule is COc1ccc(N2C(=O)CS[C@H]2c2ccc(NC(=O)C3CC3)cc2)cc1. The number of methoxy groups -OCH3 is 1. The molecule has 1 aliphatic heterocycles. The molecule has 1 saturated heterocycles. The van der Waals surface area contributed by atoms with E-state index >= 15 is 0 Å². The highest BCUT2D eigenvalue weighted by molar-refractivity contribution is 8.00. The van der Waals surface area contributed by atoms with E-state index in [9.17, 15) is 9.59 Å². The van der Waals surface area contributed by atoms with E-state index in [4.69, 9.17) is 4.74 Å². The van der Waals surface area contributed by atoms with E-state index in [0.29, 0.717) is 5.75 Å². The number of hydrogen-bond acceptors (Lipinski definition) is 4. The lowest BCUT2D eigenvalue weighted by Crippen LogP contribution is -2.27. The fraction of sp³-hybridized carbons (Fsp3) is 0.300. The van der Waals surface area contributed by atoms with Crippen LogP contribution in [0.25, 0.3) is 0 Å². The number of hydrogen-bond donors (Lipinski definition) is 1. The number of benzene rings is 2. The summed E-state index contributed by atoms with van der Waals surface area (Å²) in [6.45, 7) is 0. The van der Waals surface area contributed by atoms with E-state index in [1.54, 1.807) is 18.9 Å². The number of carbonyl (C=O) groups excluding carboxylic acids is 2. The van der Waals surface area contributed by atoms with Crippen LogP contribution in [0.5, 0.6) is 5.75 Å². The number of nitrogens with zero attached hydrogens (tertiary/aromatic N) is 1. The van der Waals surface area contributed by atoms with Crippen LogP contribution in [0.3, 0.4) is 0 Å². The van der Waals surface area contributed by atoms with Crippen molar-refractivity contribution >= 4 is 35.0 Å². The molecule has 2 aromatic carbocycles. The third-order valence-corrected chi connectivity index (χ3v) is 5.84. The molecule has 1 aliphatic carbocycles. The van der Waals surface area contributed by atoms with Gasteiger partial charge in [0.15, 0.2) is 0 Å². The second kappa shape index (κ2) is 7.03. The zero-order valence-corrected chi connectivity index (χ0v) is 15.3. The van der Waals surface area contributed by atoms with Gasteiger partial charge in [-0.1, -0.05) is 12.1 Å². The van der Waals surface area contributed by atoms with Crippen LogP contribution in [0.15, 0.2) is 48.5 Å². The zero-order chi connectivity index (χ0) is 18.1. The number of ether oxygens (including phenoxy) is 1. The van der Waals surface area contributed by atoms with Crippen molar-refractivity contribution < 1.29 is 14.3 Å². The van der Waals surface area contributed by atoms with Gasteiger partial charge in [0, 0.05) is 17.3 Å². The van der Waals surface area contributed by atoms with Crippen molar-refractivity contribution in [1.29, 1.82) is 0 Å². The summed E-state index contributed by atoms with van der Waals surface area (Å²) in [7, 11) is 1.62. The predicted octanol–water partition coefficient (Wildman–Crippen LogP) is 3.82. The van der Waals surface area contributed by atoms with Gasteiger partial charge in [-0.2, -0.15) is 0 Å². The first-order valence-electron chi connectivity index (χ1n) is 8.64. The van der Waals surface area contributed by atoms with Crippen molar-refractivity contribution in [3.63, 3.8) is 0 Å². The predicted molar refractivity (Wildman–Crippen MR) is 103 cm³/mol. The Hall–Kier alpha value is -2.47. The molecule has 0 radical (unpaired) electrons. The Kier molecular flexibility index (Phi) is 4.59. The van der Waals surface area contributed by atoms with Gasteiger partial charge in [-0.25, -0.2) is 0 Å². The van der Waals surface area contributed by atoms with Crippen LogP contribution in [0.1, 0.15) is 23.8 Å². The number of nitrogens with one attached hydrogen (secondary N) is 1. The molecule has 1 saturated carbocycles. The quantitative estimate of drug-likeness (QED) is 0.872. The summed E-state index contributed by atoms with van der Waals surface area (Å²) in [5, 5.41) is 2.88. The maximum Gasteiger partial charge on any atom is 0.238 e. The van der Waals surface area contributed by atoms with Crippen molar-refractivity contribution in [1.82, 2.24) is 0 Å². The van der Waals surface area contributed by atoms with Crippen molar-refractivity contribution in [2.75, 3.05) is 23.1 Å². The van der Waals surface area contributed by atoms with Crippen LogP contribution in [-0.4, -0.2) is 24.7 Å². The van der Waals surface area contributed by atoms with Gasteiger partial charge in [0.25, 0.3) is 0 Å². The largest absolute Gasteiger partial charge is 0.497 e. The van der Waals surface area contributed by atoms with Crippen LogP contribution < -0.4 is 15.0 Å². The number of thioether (sulfide) groups is 1. The van der Waals surface area contributed by atoms with E-state index in [1.165, 1.54) is 0 Å². The fourth-order valence-corrected chi connectivity index (χ4v) is 4.19. The molecular weight excluding hydrogens is 348 g/mol. The maximum atomic E-state index is 12.4. The first-order chi connectivity index (χ1) is 12.7. The molecule has 26 heavy (non-hydrogen) atoms. The van der Waals surface area contributed by atoms with Gasteiger partial charge in [-0.3, -0.25) is 14.5 Å². The molecule has 1 N–H and O–H groups in total. The molecule has 2 aliphatic rings. The monoisotopic (exact) mass is 368 g/mol. The van der Waals surface area contributed by atoms with Gasteiger partial charge in [0.2, 0.25) is 11.8 Å². The molecule has 0 bridgehead atoms. The average Bonchev–Trinajstić information content (AvgIpc) is 3.45. The summed E-state index contributed by atoms with van der Waals surface area (Å²) in [5.41, 5.74) is 2.70. The first-order valence-corrected chi connectivity index (χ1v) is 9.69. The summed E-state index contributed by atoms with van der Waals surface area (Å²) in [6, 6.07) is 15.3.